The monoisotopic (exact) mass is 344 g/mol. The van der Waals surface area contributed by atoms with Gasteiger partial charge in [0.25, 0.3) is 5.91 Å². The smallest absolute Gasteiger partial charge is 0.252 e. The third-order valence-corrected chi connectivity index (χ3v) is 4.05. The molecule has 0 heterocycles. The average Bonchev–Trinajstić information content (AvgIpc) is 2.70. The van der Waals surface area contributed by atoms with Gasteiger partial charge in [0.05, 0.1) is 19.2 Å². The third kappa shape index (κ3) is 4.16. The first kappa shape index (κ1) is 17.4. The molecule has 0 saturated heterocycles. The minimum absolute atomic E-state index is 0.187. The quantitative estimate of drug-likeness (QED) is 0.543. The summed E-state index contributed by atoms with van der Waals surface area (Å²) in [7, 11) is 1.60. The molecule has 0 aromatic heterocycles. The molecule has 4 nitrogen and oxygen atoms in total. The molecule has 0 aliphatic carbocycles. The fourth-order valence-corrected chi connectivity index (χ4v) is 2.79. The second kappa shape index (κ2) is 8.62. The van der Waals surface area contributed by atoms with Crippen molar-refractivity contribution in [2.45, 2.75) is 5.92 Å². The van der Waals surface area contributed by atoms with Gasteiger partial charge in [-0.15, -0.1) is 0 Å². The molecule has 26 heavy (non-hydrogen) atoms. The normalized spacial score (nSPS) is 10.8. The lowest BCUT2D eigenvalue weighted by Gasteiger charge is -2.16. The molecule has 130 valence electrons. The average molecular weight is 344 g/mol. The van der Waals surface area contributed by atoms with Crippen molar-refractivity contribution < 1.29 is 9.53 Å². The SMILES string of the molecule is COc1ccccc1/C=N\NC(=O)C(c1ccccc1)c1ccccc1. The van der Waals surface area contributed by atoms with E-state index in [1.165, 1.54) is 0 Å². The molecular weight excluding hydrogens is 324 g/mol. The van der Waals surface area contributed by atoms with Gasteiger partial charge in [0, 0.05) is 5.56 Å². The summed E-state index contributed by atoms with van der Waals surface area (Å²) in [6, 6.07) is 26.9. The molecule has 3 rings (SSSR count). The fraction of sp³-hybridized carbons (Fsp3) is 0.0909. The van der Waals surface area contributed by atoms with Crippen LogP contribution in [0, 0.1) is 0 Å². The van der Waals surface area contributed by atoms with Gasteiger partial charge in [-0.25, -0.2) is 5.43 Å². The second-order valence-corrected chi connectivity index (χ2v) is 5.73. The van der Waals surface area contributed by atoms with Crippen LogP contribution < -0.4 is 10.2 Å². The molecule has 0 saturated carbocycles. The summed E-state index contributed by atoms with van der Waals surface area (Å²) in [5, 5.41) is 4.12. The first-order valence-corrected chi connectivity index (χ1v) is 8.35. The van der Waals surface area contributed by atoms with Crippen molar-refractivity contribution in [2.24, 2.45) is 5.10 Å². The summed E-state index contributed by atoms with van der Waals surface area (Å²) in [5.74, 6) is 0.0916. The van der Waals surface area contributed by atoms with Gasteiger partial charge in [0.2, 0.25) is 0 Å². The van der Waals surface area contributed by atoms with E-state index in [0.29, 0.717) is 5.75 Å². The van der Waals surface area contributed by atoms with Crippen molar-refractivity contribution in [1.29, 1.82) is 0 Å². The minimum atomic E-state index is -0.424. The molecule has 0 fully saturated rings. The maximum Gasteiger partial charge on any atom is 0.252 e. The lowest BCUT2D eigenvalue weighted by atomic mass is 9.91. The van der Waals surface area contributed by atoms with Gasteiger partial charge in [-0.3, -0.25) is 4.79 Å². The number of carbonyl (C=O) groups is 1. The van der Waals surface area contributed by atoms with Crippen LogP contribution in [-0.4, -0.2) is 19.2 Å². The number of ether oxygens (including phenoxy) is 1. The summed E-state index contributed by atoms with van der Waals surface area (Å²) in [5.41, 5.74) is 5.29. The molecule has 0 atom stereocenters. The minimum Gasteiger partial charge on any atom is -0.496 e. The highest BCUT2D eigenvalue weighted by Crippen LogP contribution is 2.24. The molecule has 1 N–H and O–H groups in total. The zero-order chi connectivity index (χ0) is 18.2. The van der Waals surface area contributed by atoms with E-state index in [0.717, 1.165) is 16.7 Å². The summed E-state index contributed by atoms with van der Waals surface area (Å²) in [6.07, 6.45) is 1.59. The molecule has 0 radical (unpaired) electrons. The van der Waals surface area contributed by atoms with Crippen LogP contribution in [0.2, 0.25) is 0 Å². The number of methoxy groups -OCH3 is 1. The van der Waals surface area contributed by atoms with Gasteiger partial charge in [0.1, 0.15) is 5.75 Å². The maximum absolute atomic E-state index is 12.8. The van der Waals surface area contributed by atoms with Crippen molar-refractivity contribution >= 4 is 12.1 Å². The Morgan fingerprint density at radius 2 is 1.42 bits per heavy atom. The first-order chi connectivity index (χ1) is 12.8. The Balaban J connectivity index is 1.81. The van der Waals surface area contributed by atoms with Crippen LogP contribution in [0.25, 0.3) is 0 Å². The van der Waals surface area contributed by atoms with Crippen molar-refractivity contribution in [2.75, 3.05) is 7.11 Å². The number of hydrazone groups is 1. The molecule has 1 amide bonds. The van der Waals surface area contributed by atoms with Crippen molar-refractivity contribution in [1.82, 2.24) is 5.43 Å². The number of amides is 1. The van der Waals surface area contributed by atoms with Crippen LogP contribution >= 0.6 is 0 Å². The number of benzene rings is 3. The largest absolute Gasteiger partial charge is 0.496 e. The molecule has 0 aliphatic rings. The molecule has 3 aromatic carbocycles. The van der Waals surface area contributed by atoms with Crippen LogP contribution in [0.3, 0.4) is 0 Å². The summed E-state index contributed by atoms with van der Waals surface area (Å²) in [4.78, 5) is 12.8. The van der Waals surface area contributed by atoms with E-state index in [2.05, 4.69) is 10.5 Å². The van der Waals surface area contributed by atoms with Gasteiger partial charge in [0.15, 0.2) is 0 Å². The zero-order valence-electron chi connectivity index (χ0n) is 14.5. The number of hydrogen-bond donors (Lipinski definition) is 1. The Labute approximate surface area is 153 Å². The number of nitrogens with zero attached hydrogens (tertiary/aromatic N) is 1. The van der Waals surface area contributed by atoms with E-state index < -0.39 is 5.92 Å². The predicted molar refractivity (Wildman–Crippen MR) is 103 cm³/mol. The van der Waals surface area contributed by atoms with E-state index in [4.69, 9.17) is 4.74 Å². The maximum atomic E-state index is 12.8. The summed E-state index contributed by atoms with van der Waals surface area (Å²) >= 11 is 0. The third-order valence-electron chi connectivity index (χ3n) is 4.05. The lowest BCUT2D eigenvalue weighted by Crippen LogP contribution is -2.26. The number of rotatable bonds is 6. The Morgan fingerprint density at radius 1 is 0.885 bits per heavy atom. The van der Waals surface area contributed by atoms with Crippen molar-refractivity contribution in [3.05, 3.63) is 102 Å². The molecule has 0 aliphatic heterocycles. The van der Waals surface area contributed by atoms with Gasteiger partial charge >= 0.3 is 0 Å². The Morgan fingerprint density at radius 3 is 2.00 bits per heavy atom. The Hall–Kier alpha value is -3.40. The Bertz CT molecular complexity index is 837. The van der Waals surface area contributed by atoms with E-state index in [1.807, 2.05) is 84.9 Å². The summed E-state index contributed by atoms with van der Waals surface area (Å²) in [6.45, 7) is 0. The van der Waals surface area contributed by atoms with E-state index in [1.54, 1.807) is 13.3 Å². The van der Waals surface area contributed by atoms with Crippen molar-refractivity contribution in [3.8, 4) is 5.75 Å². The Kier molecular flexibility index (Phi) is 5.78. The van der Waals surface area contributed by atoms with Crippen molar-refractivity contribution in [3.63, 3.8) is 0 Å². The molecule has 0 spiro atoms. The molecular formula is C22H20N2O2. The molecule has 0 unspecified atom stereocenters. The molecule has 0 bridgehead atoms. The van der Waals surface area contributed by atoms with Crippen LogP contribution in [-0.2, 0) is 4.79 Å². The van der Waals surface area contributed by atoms with Crippen LogP contribution in [0.15, 0.2) is 90.0 Å². The van der Waals surface area contributed by atoms with Crippen LogP contribution in [0.1, 0.15) is 22.6 Å². The van der Waals surface area contributed by atoms with Gasteiger partial charge in [-0.05, 0) is 23.3 Å². The fourth-order valence-electron chi connectivity index (χ4n) is 2.79. The second-order valence-electron chi connectivity index (χ2n) is 5.73. The van der Waals surface area contributed by atoms with E-state index >= 15 is 0 Å². The highest BCUT2D eigenvalue weighted by molar-refractivity contribution is 5.89. The predicted octanol–water partition coefficient (Wildman–Crippen LogP) is 3.98. The van der Waals surface area contributed by atoms with E-state index in [-0.39, 0.29) is 5.91 Å². The molecule has 3 aromatic rings. The highest BCUT2D eigenvalue weighted by Gasteiger charge is 2.22. The number of nitrogens with one attached hydrogen (secondary N) is 1. The summed E-state index contributed by atoms with van der Waals surface area (Å²) < 4.78 is 5.29. The van der Waals surface area contributed by atoms with Crippen LogP contribution in [0.5, 0.6) is 5.75 Å². The standard InChI is InChI=1S/C22H20N2O2/c1-26-20-15-9-8-14-19(20)16-23-24-22(25)21(17-10-4-2-5-11-17)18-12-6-3-7-13-18/h2-16,21H,1H3,(H,24,25)/b23-16-. The van der Waals surface area contributed by atoms with Gasteiger partial charge in [-0.1, -0.05) is 72.8 Å². The number of para-hydroxylation sites is 1. The first-order valence-electron chi connectivity index (χ1n) is 8.35. The lowest BCUT2D eigenvalue weighted by molar-refractivity contribution is -0.121. The zero-order valence-corrected chi connectivity index (χ0v) is 14.5. The highest BCUT2D eigenvalue weighted by atomic mass is 16.5. The van der Waals surface area contributed by atoms with Crippen LogP contribution in [0.4, 0.5) is 0 Å². The van der Waals surface area contributed by atoms with Gasteiger partial charge in [-0.2, -0.15) is 5.10 Å². The number of hydrogen-bond acceptors (Lipinski definition) is 3. The van der Waals surface area contributed by atoms with Gasteiger partial charge < -0.3 is 4.74 Å². The topological polar surface area (TPSA) is 50.7 Å². The van der Waals surface area contributed by atoms with E-state index in [9.17, 15) is 4.79 Å². The molecule has 4 heteroatoms. The number of carbonyl (C=O) groups excluding carboxylic acids is 1.